The van der Waals surface area contributed by atoms with E-state index in [-0.39, 0.29) is 5.82 Å². The number of hydrogen-bond acceptors (Lipinski definition) is 3. The molecule has 0 bridgehead atoms. The van der Waals surface area contributed by atoms with Gasteiger partial charge in [-0.1, -0.05) is 23.9 Å². The lowest BCUT2D eigenvalue weighted by atomic mass is 10.2. The van der Waals surface area contributed by atoms with Gasteiger partial charge in [0.25, 0.3) is 0 Å². The summed E-state index contributed by atoms with van der Waals surface area (Å²) in [5, 5.41) is 5.58. The lowest BCUT2D eigenvalue weighted by molar-refractivity contribution is 0.627. The normalized spacial score (nSPS) is 20.4. The Bertz CT molecular complexity index is 348. The highest BCUT2D eigenvalue weighted by atomic mass is 32.2. The molecular formula is C10H11FN2S. The van der Waals surface area contributed by atoms with Crippen molar-refractivity contribution >= 4 is 16.8 Å². The molecule has 1 N–H and O–H groups in total. The van der Waals surface area contributed by atoms with Crippen molar-refractivity contribution in [1.82, 2.24) is 5.43 Å². The fourth-order valence-corrected chi connectivity index (χ4v) is 2.15. The van der Waals surface area contributed by atoms with E-state index >= 15 is 0 Å². The SMILES string of the molecule is CC1NN=C(Cc2ccc(F)cc2)S1. The summed E-state index contributed by atoms with van der Waals surface area (Å²) in [6.07, 6.45) is 0.780. The van der Waals surface area contributed by atoms with Crippen LogP contribution in [0.25, 0.3) is 0 Å². The van der Waals surface area contributed by atoms with E-state index in [4.69, 9.17) is 0 Å². The van der Waals surface area contributed by atoms with Crippen LogP contribution in [-0.4, -0.2) is 10.4 Å². The number of nitrogens with zero attached hydrogens (tertiary/aromatic N) is 1. The molecule has 0 saturated heterocycles. The van der Waals surface area contributed by atoms with Gasteiger partial charge in [-0.25, -0.2) is 4.39 Å². The minimum absolute atomic E-state index is 0.193. The molecule has 0 aliphatic carbocycles. The van der Waals surface area contributed by atoms with E-state index in [1.165, 1.54) is 12.1 Å². The molecule has 1 aliphatic rings. The summed E-state index contributed by atoms with van der Waals surface area (Å²) in [7, 11) is 0. The van der Waals surface area contributed by atoms with Crippen LogP contribution in [0.2, 0.25) is 0 Å². The second-order valence-corrected chi connectivity index (χ2v) is 4.61. The van der Waals surface area contributed by atoms with Crippen LogP contribution in [0.1, 0.15) is 12.5 Å². The highest BCUT2D eigenvalue weighted by Gasteiger charge is 2.14. The van der Waals surface area contributed by atoms with Gasteiger partial charge in [0.05, 0.1) is 10.4 Å². The van der Waals surface area contributed by atoms with E-state index in [1.54, 1.807) is 23.9 Å². The molecule has 14 heavy (non-hydrogen) atoms. The third kappa shape index (κ3) is 2.26. The molecule has 0 spiro atoms. The van der Waals surface area contributed by atoms with E-state index < -0.39 is 0 Å². The average molecular weight is 210 g/mol. The maximum atomic E-state index is 12.6. The number of hydrogen-bond donors (Lipinski definition) is 1. The Labute approximate surface area is 86.6 Å². The van der Waals surface area contributed by atoms with E-state index in [9.17, 15) is 4.39 Å². The molecular weight excluding hydrogens is 199 g/mol. The molecule has 1 heterocycles. The first-order valence-corrected chi connectivity index (χ1v) is 5.35. The van der Waals surface area contributed by atoms with Crippen molar-refractivity contribution in [2.75, 3.05) is 0 Å². The topological polar surface area (TPSA) is 24.4 Å². The molecule has 4 heteroatoms. The Morgan fingerprint density at radius 2 is 2.14 bits per heavy atom. The van der Waals surface area contributed by atoms with Gasteiger partial charge >= 0.3 is 0 Å². The minimum Gasteiger partial charge on any atom is -0.296 e. The Morgan fingerprint density at radius 3 is 2.71 bits per heavy atom. The largest absolute Gasteiger partial charge is 0.296 e. The molecule has 1 aliphatic heterocycles. The molecule has 2 rings (SSSR count). The van der Waals surface area contributed by atoms with E-state index in [0.717, 1.165) is 17.0 Å². The van der Waals surface area contributed by atoms with Gasteiger partial charge in [-0.15, -0.1) is 0 Å². The standard InChI is InChI=1S/C10H11FN2S/c1-7-12-13-10(14-7)6-8-2-4-9(11)5-3-8/h2-5,7,12H,6H2,1H3. The van der Waals surface area contributed by atoms with Crippen LogP contribution >= 0.6 is 11.8 Å². The third-order valence-corrected chi connectivity index (χ3v) is 2.92. The summed E-state index contributed by atoms with van der Waals surface area (Å²) in [6, 6.07) is 6.54. The predicted molar refractivity (Wildman–Crippen MR) is 57.7 cm³/mol. The van der Waals surface area contributed by atoms with Gasteiger partial charge < -0.3 is 0 Å². The van der Waals surface area contributed by atoms with E-state index in [1.807, 2.05) is 0 Å². The zero-order valence-electron chi connectivity index (χ0n) is 7.83. The van der Waals surface area contributed by atoms with Crippen LogP contribution in [-0.2, 0) is 6.42 Å². The lowest BCUT2D eigenvalue weighted by Gasteiger charge is -2.00. The Balaban J connectivity index is 2.01. The number of nitrogens with one attached hydrogen (secondary N) is 1. The van der Waals surface area contributed by atoms with Crippen LogP contribution in [0.3, 0.4) is 0 Å². The lowest BCUT2D eigenvalue weighted by Crippen LogP contribution is -2.09. The molecule has 0 saturated carbocycles. The van der Waals surface area contributed by atoms with Crippen LogP contribution in [0.5, 0.6) is 0 Å². The van der Waals surface area contributed by atoms with E-state index in [0.29, 0.717) is 5.37 Å². The summed E-state index contributed by atoms with van der Waals surface area (Å²) in [5.41, 5.74) is 4.07. The highest BCUT2D eigenvalue weighted by molar-refractivity contribution is 8.14. The van der Waals surface area contributed by atoms with Gasteiger partial charge in [0, 0.05) is 6.42 Å². The first kappa shape index (κ1) is 9.52. The van der Waals surface area contributed by atoms with Crippen LogP contribution in [0, 0.1) is 5.82 Å². The fraction of sp³-hybridized carbons (Fsp3) is 0.300. The van der Waals surface area contributed by atoms with E-state index in [2.05, 4.69) is 17.5 Å². The molecule has 0 amide bonds. The zero-order valence-corrected chi connectivity index (χ0v) is 8.64. The van der Waals surface area contributed by atoms with Crippen molar-refractivity contribution in [2.24, 2.45) is 5.10 Å². The van der Waals surface area contributed by atoms with Gasteiger partial charge in [0.1, 0.15) is 5.82 Å². The molecule has 0 aromatic heterocycles. The Hall–Kier alpha value is -1.03. The molecule has 2 nitrogen and oxygen atoms in total. The van der Waals surface area contributed by atoms with Crippen molar-refractivity contribution in [1.29, 1.82) is 0 Å². The predicted octanol–water partition coefficient (Wildman–Crippen LogP) is 2.36. The van der Waals surface area contributed by atoms with Crippen molar-refractivity contribution in [3.8, 4) is 0 Å². The van der Waals surface area contributed by atoms with Crippen LogP contribution in [0.4, 0.5) is 4.39 Å². The first-order chi connectivity index (χ1) is 6.74. The summed E-state index contributed by atoms with van der Waals surface area (Å²) >= 11 is 1.71. The van der Waals surface area contributed by atoms with Crippen LogP contribution < -0.4 is 5.43 Å². The maximum Gasteiger partial charge on any atom is 0.123 e. The number of thioether (sulfide) groups is 1. The highest BCUT2D eigenvalue weighted by Crippen LogP contribution is 2.19. The van der Waals surface area contributed by atoms with Crippen molar-refractivity contribution in [3.05, 3.63) is 35.6 Å². The zero-order chi connectivity index (χ0) is 9.97. The second kappa shape index (κ2) is 4.00. The average Bonchev–Trinajstić information content (AvgIpc) is 2.56. The fourth-order valence-electron chi connectivity index (χ4n) is 1.28. The molecule has 0 radical (unpaired) electrons. The quantitative estimate of drug-likeness (QED) is 0.810. The summed E-state index contributed by atoms with van der Waals surface area (Å²) in [5.74, 6) is -0.193. The minimum atomic E-state index is -0.193. The number of hydrazone groups is 1. The number of rotatable bonds is 2. The first-order valence-electron chi connectivity index (χ1n) is 4.47. The van der Waals surface area contributed by atoms with Crippen molar-refractivity contribution in [3.63, 3.8) is 0 Å². The smallest absolute Gasteiger partial charge is 0.123 e. The van der Waals surface area contributed by atoms with Gasteiger partial charge in [-0.3, -0.25) is 5.43 Å². The molecule has 1 aromatic rings. The summed E-state index contributed by atoms with van der Waals surface area (Å²) in [6.45, 7) is 2.06. The third-order valence-electron chi connectivity index (χ3n) is 1.95. The van der Waals surface area contributed by atoms with Gasteiger partial charge in [0.2, 0.25) is 0 Å². The van der Waals surface area contributed by atoms with Crippen LogP contribution in [0.15, 0.2) is 29.4 Å². The number of halogens is 1. The van der Waals surface area contributed by atoms with Crippen molar-refractivity contribution in [2.45, 2.75) is 18.7 Å². The summed E-state index contributed by atoms with van der Waals surface area (Å²) < 4.78 is 12.6. The summed E-state index contributed by atoms with van der Waals surface area (Å²) in [4.78, 5) is 0. The van der Waals surface area contributed by atoms with Gasteiger partial charge in [-0.2, -0.15) is 5.10 Å². The Morgan fingerprint density at radius 1 is 1.43 bits per heavy atom. The molecule has 74 valence electrons. The maximum absolute atomic E-state index is 12.6. The molecule has 1 atom stereocenters. The van der Waals surface area contributed by atoms with Gasteiger partial charge in [-0.05, 0) is 24.6 Å². The number of benzene rings is 1. The second-order valence-electron chi connectivity index (χ2n) is 3.20. The Kier molecular flexibility index (Phi) is 2.72. The molecule has 1 unspecified atom stereocenters. The molecule has 0 fully saturated rings. The van der Waals surface area contributed by atoms with Crippen molar-refractivity contribution < 1.29 is 4.39 Å². The monoisotopic (exact) mass is 210 g/mol. The molecule has 1 aromatic carbocycles. The van der Waals surface area contributed by atoms with Gasteiger partial charge in [0.15, 0.2) is 0 Å².